The van der Waals surface area contributed by atoms with Crippen LogP contribution in [0.25, 0.3) is 0 Å². The molecule has 0 radical (unpaired) electrons. The Hall–Kier alpha value is -2.27. The second-order valence-electron chi connectivity index (χ2n) is 4.61. The molecule has 6 heteroatoms. The van der Waals surface area contributed by atoms with Crippen LogP contribution in [0.1, 0.15) is 15.9 Å². The van der Waals surface area contributed by atoms with Crippen molar-refractivity contribution in [1.82, 2.24) is 10.6 Å². The lowest BCUT2D eigenvalue weighted by Gasteiger charge is -2.26. The minimum absolute atomic E-state index is 0.259. The summed E-state index contributed by atoms with van der Waals surface area (Å²) in [5.41, 5.74) is 2.36. The lowest BCUT2D eigenvalue weighted by atomic mass is 10.1. The first-order valence-corrected chi connectivity index (χ1v) is 6.52. The molecule has 1 aromatic carbocycles. The fraction of sp³-hybridized carbons (Fsp3) is 0.143. The maximum Gasteiger partial charge on any atom is 0.326 e. The molecule has 2 aliphatic rings. The van der Waals surface area contributed by atoms with Gasteiger partial charge in [-0.3, -0.25) is 14.5 Å². The van der Waals surface area contributed by atoms with E-state index >= 15 is 0 Å². The van der Waals surface area contributed by atoms with Crippen molar-refractivity contribution in [2.75, 3.05) is 11.4 Å². The first-order chi connectivity index (χ1) is 9.58. The van der Waals surface area contributed by atoms with Crippen LogP contribution >= 0.6 is 11.6 Å². The Balaban J connectivity index is 2.25. The Morgan fingerprint density at radius 2 is 2.20 bits per heavy atom. The SMILES string of the molecule is Cc1ccc2c(c1)C(=O)NC1=C(NCC=C1)N2C(=O)Cl. The molecular weight excluding hydrogens is 278 g/mol. The number of nitrogens with zero attached hydrogens (tertiary/aromatic N) is 1. The van der Waals surface area contributed by atoms with Gasteiger partial charge in [0.15, 0.2) is 0 Å². The van der Waals surface area contributed by atoms with E-state index in [1.807, 2.05) is 19.1 Å². The minimum Gasteiger partial charge on any atom is -0.366 e. The second kappa shape index (κ2) is 4.68. The summed E-state index contributed by atoms with van der Waals surface area (Å²) in [5.74, 6) is 0.230. The van der Waals surface area contributed by atoms with Crippen LogP contribution in [0.4, 0.5) is 10.5 Å². The highest BCUT2D eigenvalue weighted by Crippen LogP contribution is 2.30. The number of aryl methyl sites for hydroxylation is 1. The predicted molar refractivity (Wildman–Crippen MR) is 76.5 cm³/mol. The van der Waals surface area contributed by atoms with Crippen LogP contribution in [-0.4, -0.2) is 17.8 Å². The summed E-state index contributed by atoms with van der Waals surface area (Å²) in [4.78, 5) is 25.4. The number of carbonyl (C=O) groups excluding carboxylic acids is 2. The first-order valence-electron chi connectivity index (χ1n) is 6.14. The molecular formula is C14H12ClN3O2. The molecule has 0 aliphatic carbocycles. The quantitative estimate of drug-likeness (QED) is 0.569. The summed E-state index contributed by atoms with van der Waals surface area (Å²) in [6.07, 6.45) is 3.62. The molecule has 102 valence electrons. The second-order valence-corrected chi connectivity index (χ2v) is 4.93. The lowest BCUT2D eigenvalue weighted by molar-refractivity contribution is 0.0968. The number of dihydropyridines is 1. The van der Waals surface area contributed by atoms with Crippen LogP contribution in [0.3, 0.4) is 0 Å². The molecule has 0 saturated heterocycles. The van der Waals surface area contributed by atoms with E-state index in [0.717, 1.165) is 5.56 Å². The van der Waals surface area contributed by atoms with Crippen molar-refractivity contribution in [1.29, 1.82) is 0 Å². The number of fused-ring (bicyclic) bond motifs is 1. The molecule has 0 atom stereocenters. The van der Waals surface area contributed by atoms with Gasteiger partial charge in [0.25, 0.3) is 5.91 Å². The summed E-state index contributed by atoms with van der Waals surface area (Å²) in [6, 6.07) is 5.29. The number of carbonyl (C=O) groups is 2. The molecule has 1 aromatic rings. The number of hydrogen-bond acceptors (Lipinski definition) is 3. The van der Waals surface area contributed by atoms with Gasteiger partial charge in [-0.15, -0.1) is 0 Å². The molecule has 0 unspecified atom stereocenters. The van der Waals surface area contributed by atoms with Gasteiger partial charge in [-0.25, -0.2) is 0 Å². The van der Waals surface area contributed by atoms with Crippen LogP contribution in [-0.2, 0) is 0 Å². The number of allylic oxidation sites excluding steroid dienone is 1. The van der Waals surface area contributed by atoms with E-state index in [-0.39, 0.29) is 5.91 Å². The molecule has 0 fully saturated rings. The summed E-state index contributed by atoms with van der Waals surface area (Å²) in [7, 11) is 0. The summed E-state index contributed by atoms with van der Waals surface area (Å²) < 4.78 is 0. The van der Waals surface area contributed by atoms with E-state index in [4.69, 9.17) is 11.6 Å². The largest absolute Gasteiger partial charge is 0.366 e. The van der Waals surface area contributed by atoms with Gasteiger partial charge in [0.2, 0.25) is 0 Å². The van der Waals surface area contributed by atoms with Crippen molar-refractivity contribution in [2.45, 2.75) is 6.92 Å². The molecule has 20 heavy (non-hydrogen) atoms. The standard InChI is InChI=1S/C14H12ClN3O2/c1-8-4-5-11-9(7-8)13(19)17-10-3-2-6-16-12(10)18(11)14(15)20/h2-5,7,16H,6H2,1H3,(H,17,19). The number of hydrogen-bond donors (Lipinski definition) is 2. The third-order valence-corrected chi connectivity index (χ3v) is 3.38. The van der Waals surface area contributed by atoms with Crippen LogP contribution in [0.2, 0.25) is 0 Å². The lowest BCUT2D eigenvalue weighted by Crippen LogP contribution is -2.37. The molecule has 0 bridgehead atoms. The monoisotopic (exact) mass is 289 g/mol. The Labute approximate surface area is 120 Å². The third kappa shape index (κ3) is 1.96. The van der Waals surface area contributed by atoms with Crippen LogP contribution in [0.15, 0.2) is 41.9 Å². The van der Waals surface area contributed by atoms with Crippen molar-refractivity contribution in [3.8, 4) is 0 Å². The maximum absolute atomic E-state index is 12.3. The van der Waals surface area contributed by atoms with Crippen LogP contribution in [0.5, 0.6) is 0 Å². The zero-order valence-corrected chi connectivity index (χ0v) is 11.5. The van der Waals surface area contributed by atoms with Crippen molar-refractivity contribution in [2.24, 2.45) is 0 Å². The number of halogens is 1. The Kier molecular flexibility index (Phi) is 2.99. The van der Waals surface area contributed by atoms with E-state index in [9.17, 15) is 9.59 Å². The Morgan fingerprint density at radius 3 is 2.95 bits per heavy atom. The fourth-order valence-electron chi connectivity index (χ4n) is 2.33. The highest BCUT2D eigenvalue weighted by Gasteiger charge is 2.30. The zero-order chi connectivity index (χ0) is 14.3. The zero-order valence-electron chi connectivity index (χ0n) is 10.7. The maximum atomic E-state index is 12.3. The minimum atomic E-state index is -0.665. The van der Waals surface area contributed by atoms with Crippen LogP contribution in [0, 0.1) is 6.92 Å². The molecule has 2 N–H and O–H groups in total. The van der Waals surface area contributed by atoms with Crippen LogP contribution < -0.4 is 15.5 Å². The van der Waals surface area contributed by atoms with E-state index in [2.05, 4.69) is 10.6 Å². The van der Waals surface area contributed by atoms with Gasteiger partial charge in [-0.2, -0.15) is 0 Å². The fourth-order valence-corrected chi connectivity index (χ4v) is 2.50. The molecule has 2 heterocycles. The van der Waals surface area contributed by atoms with E-state index in [0.29, 0.717) is 29.3 Å². The molecule has 0 spiro atoms. The van der Waals surface area contributed by atoms with Gasteiger partial charge in [0.1, 0.15) is 5.82 Å². The van der Waals surface area contributed by atoms with Gasteiger partial charge in [0, 0.05) is 6.54 Å². The van der Waals surface area contributed by atoms with Crippen molar-refractivity contribution >= 4 is 28.6 Å². The molecule has 5 nitrogen and oxygen atoms in total. The number of amides is 2. The van der Waals surface area contributed by atoms with E-state index in [1.54, 1.807) is 18.2 Å². The van der Waals surface area contributed by atoms with Gasteiger partial charge < -0.3 is 10.6 Å². The molecule has 3 rings (SSSR count). The first kappa shape index (κ1) is 12.7. The smallest absolute Gasteiger partial charge is 0.326 e. The molecule has 2 amide bonds. The highest BCUT2D eigenvalue weighted by atomic mass is 35.5. The van der Waals surface area contributed by atoms with Crippen molar-refractivity contribution < 1.29 is 9.59 Å². The van der Waals surface area contributed by atoms with Crippen molar-refractivity contribution in [3.63, 3.8) is 0 Å². The topological polar surface area (TPSA) is 61.4 Å². The van der Waals surface area contributed by atoms with Gasteiger partial charge in [-0.05, 0) is 36.7 Å². The molecule has 0 saturated carbocycles. The number of nitrogens with one attached hydrogen (secondary N) is 2. The number of rotatable bonds is 0. The predicted octanol–water partition coefficient (Wildman–Crippen LogP) is 2.23. The van der Waals surface area contributed by atoms with E-state index < -0.39 is 5.37 Å². The van der Waals surface area contributed by atoms with Gasteiger partial charge >= 0.3 is 5.37 Å². The molecule has 0 aromatic heterocycles. The van der Waals surface area contributed by atoms with Crippen molar-refractivity contribution in [3.05, 3.63) is 53.0 Å². The Morgan fingerprint density at radius 1 is 1.40 bits per heavy atom. The van der Waals surface area contributed by atoms with Gasteiger partial charge in [-0.1, -0.05) is 17.7 Å². The highest BCUT2D eigenvalue weighted by molar-refractivity contribution is 6.66. The summed E-state index contributed by atoms with van der Waals surface area (Å²) >= 11 is 5.71. The summed E-state index contributed by atoms with van der Waals surface area (Å²) in [6.45, 7) is 2.45. The summed E-state index contributed by atoms with van der Waals surface area (Å²) in [5, 5.41) is 5.19. The third-order valence-electron chi connectivity index (χ3n) is 3.21. The van der Waals surface area contributed by atoms with E-state index in [1.165, 1.54) is 4.90 Å². The average molecular weight is 290 g/mol. The normalized spacial score (nSPS) is 16.9. The van der Waals surface area contributed by atoms with Gasteiger partial charge in [0.05, 0.1) is 16.9 Å². The number of anilines is 1. The average Bonchev–Trinajstić information content (AvgIpc) is 2.53. The molecule has 2 aliphatic heterocycles. The Bertz CT molecular complexity index is 679. The number of benzene rings is 1.